The second-order valence-corrected chi connectivity index (χ2v) is 7.69. The predicted molar refractivity (Wildman–Crippen MR) is 88.9 cm³/mol. The topological polar surface area (TPSA) is 104 Å². The van der Waals surface area contributed by atoms with Gasteiger partial charge in [0, 0.05) is 6.54 Å². The number of fused-ring (bicyclic) bond motifs is 1. The number of nitrogens with two attached hydrogens (primary N) is 1. The van der Waals surface area contributed by atoms with Crippen LogP contribution in [-0.2, 0) is 14.4 Å². The third kappa shape index (κ3) is 3.47. The molecule has 2 fully saturated rings. The van der Waals surface area contributed by atoms with Crippen molar-refractivity contribution in [3.8, 4) is 0 Å². The first-order valence-electron chi connectivity index (χ1n) is 8.72. The minimum absolute atomic E-state index is 0.0405. The Labute approximate surface area is 143 Å². The van der Waals surface area contributed by atoms with Gasteiger partial charge in [0.2, 0.25) is 5.91 Å². The van der Waals surface area contributed by atoms with E-state index in [2.05, 4.69) is 0 Å². The lowest BCUT2D eigenvalue weighted by Gasteiger charge is -2.28. The standard InChI is InChI=1S/C17H29N3O4/c1-9(2)7-11(18)16(23)19-6-5-12-14(19)13(21)8-20(12)17(24)15(22)10(3)4/h9-12,14-15,22H,5-8,18H2,1-4H3. The van der Waals surface area contributed by atoms with Crippen LogP contribution in [0.2, 0.25) is 0 Å². The quantitative estimate of drug-likeness (QED) is 0.719. The van der Waals surface area contributed by atoms with Gasteiger partial charge in [-0.1, -0.05) is 27.7 Å². The van der Waals surface area contributed by atoms with E-state index in [-0.39, 0.29) is 30.2 Å². The lowest BCUT2D eigenvalue weighted by Crippen LogP contribution is -2.50. The van der Waals surface area contributed by atoms with E-state index in [4.69, 9.17) is 5.73 Å². The van der Waals surface area contributed by atoms with E-state index in [1.165, 1.54) is 9.80 Å². The van der Waals surface area contributed by atoms with Gasteiger partial charge in [-0.15, -0.1) is 0 Å². The number of rotatable bonds is 5. The Morgan fingerprint density at radius 2 is 1.83 bits per heavy atom. The molecule has 0 aromatic rings. The van der Waals surface area contributed by atoms with E-state index in [0.29, 0.717) is 25.3 Å². The number of carbonyl (C=O) groups is 3. The summed E-state index contributed by atoms with van der Waals surface area (Å²) in [6.45, 7) is 7.89. The third-order valence-corrected chi connectivity index (χ3v) is 4.92. The van der Waals surface area contributed by atoms with Crippen molar-refractivity contribution >= 4 is 17.6 Å². The van der Waals surface area contributed by atoms with Crippen molar-refractivity contribution < 1.29 is 19.5 Å². The normalized spacial score (nSPS) is 26.2. The van der Waals surface area contributed by atoms with E-state index >= 15 is 0 Å². The average molecular weight is 339 g/mol. The maximum Gasteiger partial charge on any atom is 0.252 e. The molecule has 0 bridgehead atoms. The lowest BCUT2D eigenvalue weighted by molar-refractivity contribution is -0.144. The molecule has 24 heavy (non-hydrogen) atoms. The molecule has 2 rings (SSSR count). The Kier molecular flexibility index (Phi) is 5.65. The zero-order valence-corrected chi connectivity index (χ0v) is 14.9. The molecule has 7 heteroatoms. The van der Waals surface area contributed by atoms with Crippen molar-refractivity contribution in [2.75, 3.05) is 13.1 Å². The average Bonchev–Trinajstić information content (AvgIpc) is 3.06. The van der Waals surface area contributed by atoms with Gasteiger partial charge in [-0.25, -0.2) is 0 Å². The summed E-state index contributed by atoms with van der Waals surface area (Å²) in [6, 6.07) is -1.57. The number of ketones is 1. The SMILES string of the molecule is CC(C)CC(N)C(=O)N1CCC2C1C(=O)CN2C(=O)C(O)C(C)C. The molecule has 0 aliphatic carbocycles. The number of hydrogen-bond donors (Lipinski definition) is 2. The molecule has 4 unspecified atom stereocenters. The molecular formula is C17H29N3O4. The van der Waals surface area contributed by atoms with Gasteiger partial charge in [-0.05, 0) is 24.7 Å². The van der Waals surface area contributed by atoms with Crippen LogP contribution in [0.4, 0.5) is 0 Å². The molecule has 2 amide bonds. The summed E-state index contributed by atoms with van der Waals surface area (Å²) in [4.78, 5) is 40.4. The van der Waals surface area contributed by atoms with Gasteiger partial charge >= 0.3 is 0 Å². The van der Waals surface area contributed by atoms with Gasteiger partial charge in [0.1, 0.15) is 12.1 Å². The summed E-state index contributed by atoms with van der Waals surface area (Å²) >= 11 is 0. The van der Waals surface area contributed by atoms with Crippen molar-refractivity contribution in [2.45, 2.75) is 64.8 Å². The Morgan fingerprint density at radius 1 is 1.21 bits per heavy atom. The number of nitrogens with zero attached hydrogens (tertiary/aromatic N) is 2. The first-order chi connectivity index (χ1) is 11.1. The zero-order chi connectivity index (χ0) is 18.2. The molecule has 0 spiro atoms. The highest BCUT2D eigenvalue weighted by Gasteiger charge is 2.52. The third-order valence-electron chi connectivity index (χ3n) is 4.92. The molecule has 2 aliphatic rings. The maximum atomic E-state index is 12.6. The minimum atomic E-state index is -1.12. The fraction of sp³-hybridized carbons (Fsp3) is 0.824. The van der Waals surface area contributed by atoms with Crippen LogP contribution >= 0.6 is 0 Å². The van der Waals surface area contributed by atoms with Gasteiger partial charge in [-0.2, -0.15) is 0 Å². The molecule has 3 N–H and O–H groups in total. The summed E-state index contributed by atoms with van der Waals surface area (Å²) in [5.74, 6) is -0.715. The van der Waals surface area contributed by atoms with Gasteiger partial charge in [0.05, 0.1) is 18.6 Å². The number of amides is 2. The highest BCUT2D eigenvalue weighted by molar-refractivity contribution is 5.98. The molecule has 0 aromatic heterocycles. The van der Waals surface area contributed by atoms with E-state index < -0.39 is 24.1 Å². The van der Waals surface area contributed by atoms with Crippen molar-refractivity contribution in [2.24, 2.45) is 17.6 Å². The Hall–Kier alpha value is -1.47. The summed E-state index contributed by atoms with van der Waals surface area (Å²) in [5.41, 5.74) is 5.99. The molecule has 0 aromatic carbocycles. The first kappa shape index (κ1) is 18.9. The summed E-state index contributed by atoms with van der Waals surface area (Å²) in [6.07, 6.45) is -0.00703. The number of aliphatic hydroxyl groups excluding tert-OH is 1. The molecule has 2 heterocycles. The Morgan fingerprint density at radius 3 is 2.38 bits per heavy atom. The Balaban J connectivity index is 2.12. The number of likely N-dealkylation sites (tertiary alicyclic amines) is 2. The molecule has 2 saturated heterocycles. The fourth-order valence-electron chi connectivity index (χ4n) is 3.63. The summed E-state index contributed by atoms with van der Waals surface area (Å²) < 4.78 is 0. The smallest absolute Gasteiger partial charge is 0.252 e. The number of carbonyl (C=O) groups excluding carboxylic acids is 3. The first-order valence-corrected chi connectivity index (χ1v) is 8.72. The number of Topliss-reactive ketones (excluding diaryl/α,β-unsaturated/α-hetero) is 1. The second kappa shape index (κ2) is 7.19. The van der Waals surface area contributed by atoms with E-state index in [1.807, 2.05) is 13.8 Å². The summed E-state index contributed by atoms with van der Waals surface area (Å²) in [7, 11) is 0. The zero-order valence-electron chi connectivity index (χ0n) is 14.9. The molecule has 0 radical (unpaired) electrons. The second-order valence-electron chi connectivity index (χ2n) is 7.69. The van der Waals surface area contributed by atoms with Crippen molar-refractivity contribution in [1.82, 2.24) is 9.80 Å². The lowest BCUT2D eigenvalue weighted by atomic mass is 10.0. The minimum Gasteiger partial charge on any atom is -0.383 e. The predicted octanol–water partition coefficient (Wildman–Crippen LogP) is -0.242. The molecule has 4 atom stereocenters. The van der Waals surface area contributed by atoms with Gasteiger partial charge in [0.25, 0.3) is 5.91 Å². The largest absolute Gasteiger partial charge is 0.383 e. The van der Waals surface area contributed by atoms with Crippen LogP contribution in [-0.4, -0.2) is 69.8 Å². The van der Waals surface area contributed by atoms with Crippen LogP contribution in [0.1, 0.15) is 40.5 Å². The van der Waals surface area contributed by atoms with Crippen LogP contribution < -0.4 is 5.73 Å². The monoisotopic (exact) mass is 339 g/mol. The van der Waals surface area contributed by atoms with Crippen LogP contribution in [0.3, 0.4) is 0 Å². The van der Waals surface area contributed by atoms with Crippen molar-refractivity contribution in [1.29, 1.82) is 0 Å². The van der Waals surface area contributed by atoms with Crippen LogP contribution in [0.5, 0.6) is 0 Å². The van der Waals surface area contributed by atoms with E-state index in [0.717, 1.165) is 0 Å². The molecule has 0 saturated carbocycles. The number of aliphatic hydroxyl groups is 1. The highest BCUT2D eigenvalue weighted by Crippen LogP contribution is 2.31. The van der Waals surface area contributed by atoms with Crippen molar-refractivity contribution in [3.63, 3.8) is 0 Å². The molecule has 2 aliphatic heterocycles. The molecule has 136 valence electrons. The summed E-state index contributed by atoms with van der Waals surface area (Å²) in [5, 5.41) is 10.0. The maximum absolute atomic E-state index is 12.6. The van der Waals surface area contributed by atoms with Gasteiger partial charge in [-0.3, -0.25) is 14.4 Å². The van der Waals surface area contributed by atoms with Crippen molar-refractivity contribution in [3.05, 3.63) is 0 Å². The van der Waals surface area contributed by atoms with Gasteiger partial charge in [0.15, 0.2) is 5.78 Å². The van der Waals surface area contributed by atoms with Crippen LogP contribution in [0, 0.1) is 11.8 Å². The van der Waals surface area contributed by atoms with E-state index in [1.54, 1.807) is 13.8 Å². The molecular weight excluding hydrogens is 310 g/mol. The highest BCUT2D eigenvalue weighted by atomic mass is 16.3. The Bertz CT molecular complexity index is 520. The van der Waals surface area contributed by atoms with Crippen LogP contribution in [0.25, 0.3) is 0 Å². The van der Waals surface area contributed by atoms with Gasteiger partial charge < -0.3 is 20.6 Å². The fourth-order valence-corrected chi connectivity index (χ4v) is 3.63. The van der Waals surface area contributed by atoms with E-state index in [9.17, 15) is 19.5 Å². The molecule has 7 nitrogen and oxygen atoms in total. The van der Waals surface area contributed by atoms with Crippen LogP contribution in [0.15, 0.2) is 0 Å². The number of hydrogen-bond acceptors (Lipinski definition) is 5.